The molecule has 1 N–H and O–H groups in total. The van der Waals surface area contributed by atoms with E-state index in [9.17, 15) is 9.59 Å². The van der Waals surface area contributed by atoms with Crippen LogP contribution in [0.5, 0.6) is 0 Å². The maximum atomic E-state index is 12.7. The molecule has 130 valence electrons. The fourth-order valence-electron chi connectivity index (χ4n) is 2.90. The lowest BCUT2D eigenvalue weighted by Crippen LogP contribution is -2.35. The van der Waals surface area contributed by atoms with Crippen molar-refractivity contribution in [2.24, 2.45) is 0 Å². The number of para-hydroxylation sites is 4. The molecule has 7 heteroatoms. The third-order valence-corrected chi connectivity index (χ3v) is 4.35. The number of nitrogens with one attached hydrogen (secondary N) is 1. The Hall–Kier alpha value is -3.48. The summed E-state index contributed by atoms with van der Waals surface area (Å²) in [4.78, 5) is 37.6. The van der Waals surface area contributed by atoms with Gasteiger partial charge in [-0.2, -0.15) is 0 Å². The van der Waals surface area contributed by atoms with Gasteiger partial charge < -0.3 is 14.5 Å². The predicted octanol–water partition coefficient (Wildman–Crippen LogP) is 2.04. The molecule has 0 saturated carbocycles. The molecule has 0 saturated heterocycles. The largest absolute Gasteiger partial charge is 0.338 e. The molecule has 4 aromatic rings. The summed E-state index contributed by atoms with van der Waals surface area (Å²) in [6, 6.07) is 15.0. The average molecular weight is 347 g/mol. The first-order chi connectivity index (χ1) is 12.6. The number of rotatable bonds is 4. The van der Waals surface area contributed by atoms with E-state index in [1.807, 2.05) is 41.0 Å². The monoisotopic (exact) mass is 347 g/mol. The number of nitrogens with zero attached hydrogens (tertiary/aromatic N) is 4. The van der Waals surface area contributed by atoms with Gasteiger partial charge in [0.2, 0.25) is 0 Å². The minimum absolute atomic E-state index is 0.0957. The highest BCUT2D eigenvalue weighted by atomic mass is 16.2. The Morgan fingerprint density at radius 2 is 1.85 bits per heavy atom. The van der Waals surface area contributed by atoms with Crippen LogP contribution in [0.3, 0.4) is 0 Å². The Kier molecular flexibility index (Phi) is 3.96. The van der Waals surface area contributed by atoms with E-state index in [2.05, 4.69) is 15.0 Å². The van der Waals surface area contributed by atoms with Gasteiger partial charge in [-0.05, 0) is 24.3 Å². The van der Waals surface area contributed by atoms with Gasteiger partial charge in [0.05, 0.1) is 28.4 Å². The molecule has 26 heavy (non-hydrogen) atoms. The van der Waals surface area contributed by atoms with Gasteiger partial charge in [-0.15, -0.1) is 0 Å². The lowest BCUT2D eigenvalue weighted by atomic mass is 10.3. The van der Waals surface area contributed by atoms with E-state index in [4.69, 9.17) is 0 Å². The van der Waals surface area contributed by atoms with Crippen molar-refractivity contribution in [3.05, 3.63) is 70.9 Å². The zero-order valence-electron chi connectivity index (χ0n) is 14.2. The highest BCUT2D eigenvalue weighted by Gasteiger charge is 2.18. The standard InChI is InChI=1S/C19H17N5O2/c1-23(10-11-24-12-20-15-8-4-5-9-16(15)24)19(26)17-18(25)22-14-7-3-2-6-13(14)21-17/h2-9,12H,10-11H2,1H3,(H,22,25). The van der Waals surface area contributed by atoms with Gasteiger partial charge in [0, 0.05) is 20.1 Å². The molecule has 0 aliphatic rings. The highest BCUT2D eigenvalue weighted by molar-refractivity contribution is 5.93. The number of hydrogen-bond acceptors (Lipinski definition) is 4. The van der Waals surface area contributed by atoms with Crippen LogP contribution in [0.15, 0.2) is 59.7 Å². The molecule has 0 unspecified atom stereocenters. The number of H-pyrrole nitrogens is 1. The SMILES string of the molecule is CN(CCn1cnc2ccccc21)C(=O)c1nc2ccccc2[nH]c1=O. The maximum Gasteiger partial charge on any atom is 0.280 e. The Labute approximate surface area is 148 Å². The van der Waals surface area contributed by atoms with Gasteiger partial charge in [0.1, 0.15) is 0 Å². The summed E-state index contributed by atoms with van der Waals surface area (Å²) in [7, 11) is 1.66. The fourth-order valence-corrected chi connectivity index (χ4v) is 2.90. The number of hydrogen-bond donors (Lipinski definition) is 1. The first-order valence-corrected chi connectivity index (χ1v) is 8.28. The first kappa shape index (κ1) is 16.0. The number of carbonyl (C=O) groups is 1. The first-order valence-electron chi connectivity index (χ1n) is 8.28. The van der Waals surface area contributed by atoms with E-state index in [-0.39, 0.29) is 5.69 Å². The maximum absolute atomic E-state index is 12.7. The predicted molar refractivity (Wildman–Crippen MR) is 99.1 cm³/mol. The third-order valence-electron chi connectivity index (χ3n) is 4.35. The van der Waals surface area contributed by atoms with Gasteiger partial charge >= 0.3 is 0 Å². The molecule has 0 aliphatic heterocycles. The summed E-state index contributed by atoms with van der Waals surface area (Å²) in [5.41, 5.74) is 2.55. The van der Waals surface area contributed by atoms with Gasteiger partial charge in [0.25, 0.3) is 11.5 Å². The minimum Gasteiger partial charge on any atom is -0.338 e. The van der Waals surface area contributed by atoms with Crippen molar-refractivity contribution >= 4 is 28.0 Å². The molecule has 0 bridgehead atoms. The molecule has 2 aromatic heterocycles. The normalized spacial score (nSPS) is 11.1. The summed E-state index contributed by atoms with van der Waals surface area (Å²) in [6.07, 6.45) is 1.75. The zero-order valence-corrected chi connectivity index (χ0v) is 14.2. The van der Waals surface area contributed by atoms with Crippen LogP contribution in [0.4, 0.5) is 0 Å². The average Bonchev–Trinajstić information content (AvgIpc) is 3.08. The molecule has 0 spiro atoms. The number of aromatic amines is 1. The molecule has 0 radical (unpaired) electrons. The van der Waals surface area contributed by atoms with Crippen LogP contribution in [0.2, 0.25) is 0 Å². The fraction of sp³-hybridized carbons (Fsp3) is 0.158. The molecule has 4 rings (SSSR count). The van der Waals surface area contributed by atoms with E-state index in [0.29, 0.717) is 24.1 Å². The number of imidazole rings is 1. The van der Waals surface area contributed by atoms with E-state index in [1.165, 1.54) is 4.90 Å². The van der Waals surface area contributed by atoms with Crippen molar-refractivity contribution in [2.45, 2.75) is 6.54 Å². The zero-order chi connectivity index (χ0) is 18.1. The van der Waals surface area contributed by atoms with Crippen LogP contribution in [0, 0.1) is 0 Å². The topological polar surface area (TPSA) is 83.9 Å². The molecule has 7 nitrogen and oxygen atoms in total. The van der Waals surface area contributed by atoms with Crippen LogP contribution >= 0.6 is 0 Å². The molecule has 0 fully saturated rings. The molecular weight excluding hydrogens is 330 g/mol. The number of amides is 1. The van der Waals surface area contributed by atoms with Crippen LogP contribution in [0.25, 0.3) is 22.1 Å². The second-order valence-electron chi connectivity index (χ2n) is 6.09. The van der Waals surface area contributed by atoms with Crippen molar-refractivity contribution in [2.75, 3.05) is 13.6 Å². The van der Waals surface area contributed by atoms with Crippen LogP contribution in [-0.2, 0) is 6.54 Å². The second-order valence-corrected chi connectivity index (χ2v) is 6.09. The van der Waals surface area contributed by atoms with E-state index in [0.717, 1.165) is 11.0 Å². The van der Waals surface area contributed by atoms with Gasteiger partial charge in [-0.25, -0.2) is 9.97 Å². The van der Waals surface area contributed by atoms with Crippen molar-refractivity contribution in [3.63, 3.8) is 0 Å². The van der Waals surface area contributed by atoms with E-state index >= 15 is 0 Å². The van der Waals surface area contributed by atoms with Crippen LogP contribution < -0.4 is 5.56 Å². The molecular formula is C19H17N5O2. The summed E-state index contributed by atoms with van der Waals surface area (Å²) in [6.45, 7) is 1.02. The number of likely N-dealkylation sites (N-methyl/N-ethyl adjacent to an activating group) is 1. The molecule has 2 heterocycles. The molecule has 1 amide bonds. The Morgan fingerprint density at radius 3 is 2.69 bits per heavy atom. The summed E-state index contributed by atoms with van der Waals surface area (Å²) in [5.74, 6) is -0.401. The third kappa shape index (κ3) is 2.83. The van der Waals surface area contributed by atoms with E-state index < -0.39 is 11.5 Å². The molecule has 0 atom stereocenters. The number of benzene rings is 2. The van der Waals surface area contributed by atoms with Crippen molar-refractivity contribution < 1.29 is 4.79 Å². The van der Waals surface area contributed by atoms with Crippen molar-refractivity contribution in [3.8, 4) is 0 Å². The van der Waals surface area contributed by atoms with E-state index in [1.54, 1.807) is 25.5 Å². The van der Waals surface area contributed by atoms with Crippen molar-refractivity contribution in [1.82, 2.24) is 24.4 Å². The number of carbonyl (C=O) groups excluding carboxylic acids is 1. The minimum atomic E-state index is -0.478. The number of fused-ring (bicyclic) bond motifs is 2. The summed E-state index contributed by atoms with van der Waals surface area (Å²) in [5, 5.41) is 0. The lowest BCUT2D eigenvalue weighted by Gasteiger charge is -2.17. The van der Waals surface area contributed by atoms with Crippen LogP contribution in [0.1, 0.15) is 10.5 Å². The lowest BCUT2D eigenvalue weighted by molar-refractivity contribution is 0.0783. The summed E-state index contributed by atoms with van der Waals surface area (Å²) >= 11 is 0. The second kappa shape index (κ2) is 6.44. The van der Waals surface area contributed by atoms with Gasteiger partial charge in [-0.3, -0.25) is 9.59 Å². The van der Waals surface area contributed by atoms with Gasteiger partial charge in [0.15, 0.2) is 5.69 Å². The number of aromatic nitrogens is 4. The quantitative estimate of drug-likeness (QED) is 0.612. The summed E-state index contributed by atoms with van der Waals surface area (Å²) < 4.78 is 1.98. The smallest absolute Gasteiger partial charge is 0.280 e. The Morgan fingerprint density at radius 1 is 1.12 bits per heavy atom. The Bertz CT molecular complexity index is 1160. The van der Waals surface area contributed by atoms with Crippen LogP contribution in [-0.4, -0.2) is 43.9 Å². The van der Waals surface area contributed by atoms with Crippen molar-refractivity contribution in [1.29, 1.82) is 0 Å². The molecule has 0 aliphatic carbocycles. The van der Waals surface area contributed by atoms with Gasteiger partial charge in [-0.1, -0.05) is 24.3 Å². The molecule has 2 aromatic carbocycles. The highest BCUT2D eigenvalue weighted by Crippen LogP contribution is 2.12. The Balaban J connectivity index is 1.55.